The Balaban J connectivity index is 2.08. The minimum absolute atomic E-state index is 0.0842. The number of nitrogens with one attached hydrogen (secondary N) is 2. The van der Waals surface area contributed by atoms with Crippen LogP contribution in [-0.4, -0.2) is 41.0 Å². The standard InChI is InChI=1S/C18H18ClN3O7/c1-4-28-18(25)16-9(2)15(10(3)20-16)17(24)29-8-14(23)21-12-6-5-11(19)7-13(12)22(26)27/h5-7,20H,4,8H2,1-3H3,(H,21,23). The third-order valence-electron chi connectivity index (χ3n) is 3.89. The Kier molecular flexibility index (Phi) is 6.94. The maximum Gasteiger partial charge on any atom is 0.355 e. The van der Waals surface area contributed by atoms with Crippen molar-refractivity contribution in [1.82, 2.24) is 4.98 Å². The molecule has 1 heterocycles. The predicted octanol–water partition coefficient (Wildman–Crippen LogP) is 3.17. The van der Waals surface area contributed by atoms with Crippen LogP contribution in [0.1, 0.15) is 39.0 Å². The van der Waals surface area contributed by atoms with Gasteiger partial charge in [0.15, 0.2) is 6.61 Å². The molecule has 0 aliphatic heterocycles. The highest BCUT2D eigenvalue weighted by atomic mass is 35.5. The van der Waals surface area contributed by atoms with E-state index in [-0.39, 0.29) is 28.6 Å². The molecule has 0 atom stereocenters. The highest BCUT2D eigenvalue weighted by molar-refractivity contribution is 6.31. The number of hydrogen-bond donors (Lipinski definition) is 2. The first-order valence-corrected chi connectivity index (χ1v) is 8.80. The first-order chi connectivity index (χ1) is 13.6. The molecule has 2 rings (SSSR count). The molecule has 0 aliphatic rings. The first kappa shape index (κ1) is 21.9. The van der Waals surface area contributed by atoms with Gasteiger partial charge in [-0.25, -0.2) is 9.59 Å². The van der Waals surface area contributed by atoms with Crippen molar-refractivity contribution in [3.05, 3.63) is 55.9 Å². The number of hydrogen-bond acceptors (Lipinski definition) is 7. The molecule has 10 nitrogen and oxygen atoms in total. The van der Waals surface area contributed by atoms with Crippen molar-refractivity contribution >= 4 is 40.8 Å². The quantitative estimate of drug-likeness (QED) is 0.395. The maximum atomic E-state index is 12.4. The highest BCUT2D eigenvalue weighted by Crippen LogP contribution is 2.27. The molecule has 2 N–H and O–H groups in total. The summed E-state index contributed by atoms with van der Waals surface area (Å²) >= 11 is 5.72. The molecule has 0 saturated heterocycles. The van der Waals surface area contributed by atoms with Gasteiger partial charge in [0.05, 0.1) is 17.1 Å². The number of aromatic nitrogens is 1. The molecular weight excluding hydrogens is 406 g/mol. The zero-order valence-electron chi connectivity index (χ0n) is 15.8. The topological polar surface area (TPSA) is 141 Å². The Morgan fingerprint density at radius 2 is 1.90 bits per heavy atom. The number of nitro groups is 1. The van der Waals surface area contributed by atoms with Crippen LogP contribution in [0.25, 0.3) is 0 Å². The maximum absolute atomic E-state index is 12.4. The second-order valence-electron chi connectivity index (χ2n) is 5.89. The zero-order chi connectivity index (χ0) is 21.7. The second-order valence-corrected chi connectivity index (χ2v) is 6.32. The van der Waals surface area contributed by atoms with Crippen molar-refractivity contribution in [2.45, 2.75) is 20.8 Å². The second kappa shape index (κ2) is 9.20. The van der Waals surface area contributed by atoms with Crippen molar-refractivity contribution in [3.63, 3.8) is 0 Å². The van der Waals surface area contributed by atoms with E-state index >= 15 is 0 Å². The Morgan fingerprint density at radius 3 is 2.52 bits per heavy atom. The SMILES string of the molecule is CCOC(=O)c1[nH]c(C)c(C(=O)OCC(=O)Nc2ccc(Cl)cc2[N+](=O)[O-])c1C. The van der Waals surface area contributed by atoms with Crippen LogP contribution in [0, 0.1) is 24.0 Å². The zero-order valence-corrected chi connectivity index (χ0v) is 16.6. The number of anilines is 1. The lowest BCUT2D eigenvalue weighted by atomic mass is 10.1. The van der Waals surface area contributed by atoms with Gasteiger partial charge < -0.3 is 19.8 Å². The average molecular weight is 424 g/mol. The molecule has 0 spiro atoms. The number of rotatable bonds is 7. The lowest BCUT2D eigenvalue weighted by molar-refractivity contribution is -0.383. The lowest BCUT2D eigenvalue weighted by Crippen LogP contribution is -2.22. The molecule has 0 radical (unpaired) electrons. The van der Waals surface area contributed by atoms with Gasteiger partial charge in [0.2, 0.25) is 0 Å². The van der Waals surface area contributed by atoms with Crippen LogP contribution in [0.15, 0.2) is 18.2 Å². The van der Waals surface area contributed by atoms with E-state index in [0.29, 0.717) is 11.3 Å². The largest absolute Gasteiger partial charge is 0.461 e. The predicted molar refractivity (Wildman–Crippen MR) is 103 cm³/mol. The Hall–Kier alpha value is -3.40. The van der Waals surface area contributed by atoms with E-state index < -0.39 is 35.1 Å². The van der Waals surface area contributed by atoms with Crippen LogP contribution in [0.5, 0.6) is 0 Å². The molecule has 1 amide bonds. The number of benzene rings is 1. The van der Waals surface area contributed by atoms with Crippen LogP contribution in [-0.2, 0) is 14.3 Å². The first-order valence-electron chi connectivity index (χ1n) is 8.42. The molecular formula is C18H18ClN3O7. The molecule has 0 unspecified atom stereocenters. The number of nitro benzene ring substituents is 1. The number of aryl methyl sites for hydroxylation is 1. The molecule has 0 fully saturated rings. The lowest BCUT2D eigenvalue weighted by Gasteiger charge is -2.08. The van der Waals surface area contributed by atoms with E-state index in [2.05, 4.69) is 10.3 Å². The third-order valence-corrected chi connectivity index (χ3v) is 4.12. The number of ether oxygens (including phenoxy) is 2. The van der Waals surface area contributed by atoms with Crippen molar-refractivity contribution in [2.24, 2.45) is 0 Å². The summed E-state index contributed by atoms with van der Waals surface area (Å²) in [5, 5.41) is 13.5. The number of halogens is 1. The number of aromatic amines is 1. The number of carbonyl (C=O) groups is 3. The van der Waals surface area contributed by atoms with E-state index in [1.807, 2.05) is 0 Å². The van der Waals surface area contributed by atoms with E-state index in [9.17, 15) is 24.5 Å². The molecule has 2 aromatic rings. The molecule has 0 saturated carbocycles. The fraction of sp³-hybridized carbons (Fsp3) is 0.278. The van der Waals surface area contributed by atoms with Crippen molar-refractivity contribution in [2.75, 3.05) is 18.5 Å². The summed E-state index contributed by atoms with van der Waals surface area (Å²) in [6.07, 6.45) is 0. The smallest absolute Gasteiger partial charge is 0.355 e. The van der Waals surface area contributed by atoms with E-state index in [1.54, 1.807) is 20.8 Å². The van der Waals surface area contributed by atoms with Gasteiger partial charge in [-0.05, 0) is 38.5 Å². The summed E-state index contributed by atoms with van der Waals surface area (Å²) < 4.78 is 9.89. The normalized spacial score (nSPS) is 10.3. The van der Waals surface area contributed by atoms with Crippen molar-refractivity contribution in [3.8, 4) is 0 Å². The van der Waals surface area contributed by atoms with Crippen molar-refractivity contribution in [1.29, 1.82) is 0 Å². The molecule has 11 heteroatoms. The molecule has 154 valence electrons. The molecule has 1 aromatic carbocycles. The van der Waals surface area contributed by atoms with Crippen molar-refractivity contribution < 1.29 is 28.8 Å². The molecule has 1 aromatic heterocycles. The van der Waals surface area contributed by atoms with Gasteiger partial charge in [-0.3, -0.25) is 14.9 Å². The van der Waals surface area contributed by atoms with Crippen LogP contribution in [0.4, 0.5) is 11.4 Å². The fourth-order valence-electron chi connectivity index (χ4n) is 2.61. The summed E-state index contributed by atoms with van der Waals surface area (Å²) in [6, 6.07) is 3.73. The summed E-state index contributed by atoms with van der Waals surface area (Å²) in [6.45, 7) is 4.26. The summed E-state index contributed by atoms with van der Waals surface area (Å²) in [5.41, 5.74) is 0.465. The number of esters is 2. The summed E-state index contributed by atoms with van der Waals surface area (Å²) in [5.74, 6) is -2.22. The minimum atomic E-state index is -0.826. The highest BCUT2D eigenvalue weighted by Gasteiger charge is 2.24. The molecule has 0 bridgehead atoms. The summed E-state index contributed by atoms with van der Waals surface area (Å²) in [7, 11) is 0. The molecule has 0 aliphatic carbocycles. The van der Waals surface area contributed by atoms with Gasteiger partial charge in [0, 0.05) is 16.8 Å². The van der Waals surface area contributed by atoms with Gasteiger partial charge in [-0.15, -0.1) is 0 Å². The van der Waals surface area contributed by atoms with Crippen LogP contribution in [0.3, 0.4) is 0 Å². The van der Waals surface area contributed by atoms with Crippen LogP contribution < -0.4 is 5.32 Å². The Bertz CT molecular complexity index is 984. The van der Waals surface area contributed by atoms with E-state index in [1.165, 1.54) is 12.1 Å². The van der Waals surface area contributed by atoms with E-state index in [0.717, 1.165) is 6.07 Å². The van der Waals surface area contributed by atoms with Crippen LogP contribution in [0.2, 0.25) is 5.02 Å². The van der Waals surface area contributed by atoms with Crippen LogP contribution >= 0.6 is 11.6 Å². The minimum Gasteiger partial charge on any atom is -0.461 e. The average Bonchev–Trinajstić information content (AvgIpc) is 2.95. The Morgan fingerprint density at radius 1 is 1.21 bits per heavy atom. The van der Waals surface area contributed by atoms with Gasteiger partial charge >= 0.3 is 11.9 Å². The van der Waals surface area contributed by atoms with Gasteiger partial charge in [-0.2, -0.15) is 0 Å². The number of H-pyrrole nitrogens is 1. The fourth-order valence-corrected chi connectivity index (χ4v) is 2.78. The van der Waals surface area contributed by atoms with Gasteiger partial charge in [-0.1, -0.05) is 11.6 Å². The Labute approximate surface area is 170 Å². The number of amides is 1. The van der Waals surface area contributed by atoms with E-state index in [4.69, 9.17) is 21.1 Å². The number of carbonyl (C=O) groups excluding carboxylic acids is 3. The number of nitrogens with zero attached hydrogens (tertiary/aromatic N) is 1. The van der Waals surface area contributed by atoms with Gasteiger partial charge in [0.25, 0.3) is 11.6 Å². The third kappa shape index (κ3) is 5.11. The molecule has 29 heavy (non-hydrogen) atoms. The monoisotopic (exact) mass is 423 g/mol. The summed E-state index contributed by atoms with van der Waals surface area (Å²) in [4.78, 5) is 49.4. The van der Waals surface area contributed by atoms with Gasteiger partial charge in [0.1, 0.15) is 11.4 Å².